The van der Waals surface area contributed by atoms with E-state index < -0.39 is 0 Å². The predicted octanol–water partition coefficient (Wildman–Crippen LogP) is 7.41. The normalized spacial score (nSPS) is 17.3. The first-order chi connectivity index (χ1) is 21.4. The van der Waals surface area contributed by atoms with Crippen molar-refractivity contribution in [3.8, 4) is 6.07 Å². The van der Waals surface area contributed by atoms with Crippen LogP contribution in [-0.2, 0) is 0 Å². The molecular formula is C34H42ClN9S. The van der Waals surface area contributed by atoms with Gasteiger partial charge in [0.15, 0.2) is 0 Å². The fraction of sp³-hybridized carbons (Fsp3) is 0.441. The summed E-state index contributed by atoms with van der Waals surface area (Å²) in [7, 11) is 0. The van der Waals surface area contributed by atoms with Crippen molar-refractivity contribution in [1.29, 1.82) is 5.26 Å². The monoisotopic (exact) mass is 643 g/mol. The number of piperidine rings is 1. The number of nitrogens with one attached hydrogen (secondary N) is 4. The molecule has 2 aromatic carbocycles. The molecule has 1 fully saturated rings. The number of nitriles is 1. The second kappa shape index (κ2) is 12.3. The summed E-state index contributed by atoms with van der Waals surface area (Å²) in [5.74, 6) is 0. The van der Waals surface area contributed by atoms with Gasteiger partial charge in [0.25, 0.3) is 0 Å². The van der Waals surface area contributed by atoms with E-state index in [4.69, 9.17) is 11.6 Å². The number of anilines is 2. The molecular weight excluding hydrogens is 602 g/mol. The molecule has 4 N–H and O–H groups in total. The van der Waals surface area contributed by atoms with Gasteiger partial charge in [0, 0.05) is 54.7 Å². The van der Waals surface area contributed by atoms with Crippen molar-refractivity contribution in [2.75, 3.05) is 30.3 Å². The smallest absolute Gasteiger partial charge is 0.103 e. The molecule has 0 bridgehead atoms. The number of hydrogen-bond donors (Lipinski definition) is 4. The van der Waals surface area contributed by atoms with Crippen LogP contribution in [0.5, 0.6) is 0 Å². The van der Waals surface area contributed by atoms with E-state index in [1.54, 1.807) is 17.5 Å². The number of rotatable bonds is 7. The lowest BCUT2D eigenvalue weighted by Crippen LogP contribution is -2.52. The number of thiazole rings is 1. The first-order valence-corrected chi connectivity index (χ1v) is 16.8. The van der Waals surface area contributed by atoms with Crippen LogP contribution in [0.2, 0.25) is 5.02 Å². The second-order valence-electron chi connectivity index (χ2n) is 14.2. The summed E-state index contributed by atoms with van der Waals surface area (Å²) in [6.07, 6.45) is 5.95. The zero-order valence-corrected chi connectivity index (χ0v) is 28.4. The van der Waals surface area contributed by atoms with Crippen LogP contribution in [0, 0.1) is 16.7 Å². The highest BCUT2D eigenvalue weighted by Gasteiger charge is 2.32. The number of nitrogens with zero attached hydrogens (tertiary/aromatic N) is 5. The Bertz CT molecular complexity index is 1770. The van der Waals surface area contributed by atoms with Gasteiger partial charge in [-0.05, 0) is 62.8 Å². The number of aromatic nitrogens is 2. The van der Waals surface area contributed by atoms with E-state index in [2.05, 4.69) is 107 Å². The van der Waals surface area contributed by atoms with E-state index in [9.17, 15) is 5.26 Å². The van der Waals surface area contributed by atoms with Crippen molar-refractivity contribution in [1.82, 2.24) is 30.8 Å². The quantitative estimate of drug-likeness (QED) is 0.164. The third kappa shape index (κ3) is 6.68. The molecule has 0 aliphatic carbocycles. The Morgan fingerprint density at radius 2 is 1.91 bits per heavy atom. The van der Waals surface area contributed by atoms with Gasteiger partial charge in [-0.3, -0.25) is 14.9 Å². The zero-order valence-electron chi connectivity index (χ0n) is 26.8. The molecule has 9 nitrogen and oxygen atoms in total. The minimum Gasteiger partial charge on any atom is -0.383 e. The number of benzene rings is 2. The highest BCUT2D eigenvalue weighted by molar-refractivity contribution is 7.17. The first-order valence-electron chi connectivity index (χ1n) is 15.5. The second-order valence-corrected chi connectivity index (χ2v) is 15.4. The van der Waals surface area contributed by atoms with E-state index >= 15 is 0 Å². The predicted molar refractivity (Wildman–Crippen MR) is 186 cm³/mol. The van der Waals surface area contributed by atoms with Crippen LogP contribution in [0.15, 0.2) is 53.9 Å². The van der Waals surface area contributed by atoms with E-state index in [-0.39, 0.29) is 17.0 Å². The summed E-state index contributed by atoms with van der Waals surface area (Å²) >= 11 is 8.52. The average Bonchev–Trinajstić information content (AvgIpc) is 3.68. The van der Waals surface area contributed by atoms with E-state index in [1.807, 2.05) is 23.7 Å². The number of pyridine rings is 1. The van der Waals surface area contributed by atoms with Gasteiger partial charge < -0.3 is 16.1 Å². The van der Waals surface area contributed by atoms with Crippen LogP contribution in [0.25, 0.3) is 21.1 Å². The third-order valence-corrected chi connectivity index (χ3v) is 9.75. The Kier molecular flexibility index (Phi) is 8.57. The van der Waals surface area contributed by atoms with E-state index in [0.717, 1.165) is 64.2 Å². The standard InChI is InChI=1S/C34H42ClN9S/c1-33(2,3)19-38-29-21(16-36)17-37-30-25(29)14-22(15-26(30)35)40-31(24-8-7-9-27-32(24)45-20-39-27)28-18-44(42-41-28)23-10-12-43(13-11-23)34(4,5)6/h7-9,14-15,17-18,20,23,31,40-42H,10-13,19H2,1-6H3,(H,37,38)/t31-/m0/s1. The molecule has 0 saturated carbocycles. The molecule has 0 spiro atoms. The van der Waals surface area contributed by atoms with Crippen LogP contribution in [0.4, 0.5) is 11.4 Å². The first kappa shape index (κ1) is 31.4. The van der Waals surface area contributed by atoms with Gasteiger partial charge in [0.1, 0.15) is 6.07 Å². The number of likely N-dealkylation sites (tertiary alicyclic amines) is 1. The van der Waals surface area contributed by atoms with Crippen LogP contribution in [-0.4, -0.2) is 51.1 Å². The lowest BCUT2D eigenvalue weighted by atomic mass is 9.96. The van der Waals surface area contributed by atoms with Crippen molar-refractivity contribution in [2.45, 2.75) is 72.0 Å². The van der Waals surface area contributed by atoms with Gasteiger partial charge in [0.05, 0.1) is 49.3 Å². The molecule has 11 heteroatoms. The SMILES string of the molecule is CC(C)(C)CNc1c(C#N)cnc2c(Cl)cc(N[C@H](C3=CN(C4CCN(C(C)(C)C)CC4)NN3)c3cccc4ncsc34)cc12. The molecule has 0 radical (unpaired) electrons. The van der Waals surface area contributed by atoms with Crippen molar-refractivity contribution in [2.24, 2.45) is 5.41 Å². The highest BCUT2D eigenvalue weighted by atomic mass is 35.5. The molecule has 6 rings (SSSR count). The molecule has 1 atom stereocenters. The number of halogens is 1. The maximum Gasteiger partial charge on any atom is 0.103 e. The maximum absolute atomic E-state index is 9.94. The molecule has 236 valence electrons. The van der Waals surface area contributed by atoms with Crippen LogP contribution >= 0.6 is 22.9 Å². The summed E-state index contributed by atoms with van der Waals surface area (Å²) in [6, 6.07) is 12.7. The van der Waals surface area contributed by atoms with Crippen LogP contribution < -0.4 is 21.6 Å². The molecule has 4 heterocycles. The van der Waals surface area contributed by atoms with Crippen molar-refractivity contribution >= 4 is 55.4 Å². The Morgan fingerprint density at radius 3 is 2.62 bits per heavy atom. The highest BCUT2D eigenvalue weighted by Crippen LogP contribution is 2.38. The summed E-state index contributed by atoms with van der Waals surface area (Å²) in [6.45, 7) is 16.2. The summed E-state index contributed by atoms with van der Waals surface area (Å²) in [5.41, 5.74) is 14.8. The minimum absolute atomic E-state index is 0.0172. The Labute approximate surface area is 274 Å². The van der Waals surface area contributed by atoms with Gasteiger partial charge in [-0.2, -0.15) is 5.26 Å². The summed E-state index contributed by atoms with van der Waals surface area (Å²) in [5, 5.41) is 20.8. The van der Waals surface area contributed by atoms with Gasteiger partial charge in [0.2, 0.25) is 0 Å². The minimum atomic E-state index is -0.229. The van der Waals surface area contributed by atoms with Gasteiger partial charge in [-0.25, -0.2) is 4.98 Å². The molecule has 45 heavy (non-hydrogen) atoms. The Balaban J connectivity index is 1.37. The van der Waals surface area contributed by atoms with Crippen molar-refractivity contribution < 1.29 is 0 Å². The third-order valence-electron chi connectivity index (χ3n) is 8.57. The Morgan fingerprint density at radius 1 is 1.13 bits per heavy atom. The number of hydrazine groups is 2. The van der Waals surface area contributed by atoms with E-state index in [0.29, 0.717) is 28.7 Å². The van der Waals surface area contributed by atoms with Gasteiger partial charge in [-0.1, -0.05) is 44.5 Å². The number of fused-ring (bicyclic) bond motifs is 2. The molecule has 2 aromatic heterocycles. The largest absolute Gasteiger partial charge is 0.383 e. The maximum atomic E-state index is 9.94. The Hall–Kier alpha value is -3.62. The summed E-state index contributed by atoms with van der Waals surface area (Å²) in [4.78, 5) is 11.7. The molecule has 0 unspecified atom stereocenters. The topological polar surface area (TPSA) is 104 Å². The summed E-state index contributed by atoms with van der Waals surface area (Å²) < 4.78 is 1.13. The van der Waals surface area contributed by atoms with Crippen LogP contribution in [0.3, 0.4) is 0 Å². The molecule has 2 aliphatic heterocycles. The van der Waals surface area contributed by atoms with Gasteiger partial charge >= 0.3 is 0 Å². The lowest BCUT2D eigenvalue weighted by Gasteiger charge is -2.42. The molecule has 4 aromatic rings. The fourth-order valence-corrected chi connectivity index (χ4v) is 7.20. The molecule has 0 amide bonds. The fourth-order valence-electron chi connectivity index (χ4n) is 6.10. The molecule has 2 aliphatic rings. The molecule has 1 saturated heterocycles. The lowest BCUT2D eigenvalue weighted by molar-refractivity contribution is 0.0570. The van der Waals surface area contributed by atoms with Gasteiger partial charge in [-0.15, -0.1) is 16.9 Å². The van der Waals surface area contributed by atoms with E-state index in [1.165, 1.54) is 0 Å². The number of hydrogen-bond acceptors (Lipinski definition) is 10. The average molecular weight is 644 g/mol. The van der Waals surface area contributed by atoms with Crippen molar-refractivity contribution in [3.05, 3.63) is 70.1 Å². The van der Waals surface area contributed by atoms with Crippen LogP contribution in [0.1, 0.15) is 71.6 Å². The van der Waals surface area contributed by atoms with Crippen molar-refractivity contribution in [3.63, 3.8) is 0 Å². The zero-order chi connectivity index (χ0) is 31.9.